The third kappa shape index (κ3) is 5.18. The lowest BCUT2D eigenvalue weighted by Crippen LogP contribution is -3.16. The standard InChI is InChI=1S/C18H21Cl2N3O2S/c1-11-8-23(9-12(2)25-11)10-16(24)22-18-21-7-14(26-18)6-13-4-3-5-15(19)17(13)20/h3-5,7,11-12H,6,8-10H2,1-2H3,(H,21,22,24)/p+1/t11-,12-/m1/s1. The molecule has 0 spiro atoms. The zero-order valence-electron chi connectivity index (χ0n) is 14.7. The highest BCUT2D eigenvalue weighted by Gasteiger charge is 2.27. The molecular weight excluding hydrogens is 393 g/mol. The van der Waals surface area contributed by atoms with E-state index in [4.69, 9.17) is 27.9 Å². The summed E-state index contributed by atoms with van der Waals surface area (Å²) in [6.45, 7) is 6.19. The number of nitrogens with zero attached hydrogens (tertiary/aromatic N) is 1. The molecule has 8 heteroatoms. The number of thiazole rings is 1. The molecular formula is C18H22Cl2N3O2S+. The number of rotatable bonds is 5. The number of halogens is 2. The molecule has 2 N–H and O–H groups in total. The van der Waals surface area contributed by atoms with E-state index in [0.29, 0.717) is 28.1 Å². The maximum absolute atomic E-state index is 12.3. The van der Waals surface area contributed by atoms with E-state index in [1.807, 2.05) is 26.0 Å². The third-order valence-corrected chi connectivity index (χ3v) is 5.99. The number of hydrogen-bond donors (Lipinski definition) is 2. The number of amides is 1. The molecule has 1 aliphatic heterocycles. The first-order valence-electron chi connectivity index (χ1n) is 8.57. The molecule has 1 saturated heterocycles. The number of aromatic nitrogens is 1. The Labute approximate surface area is 167 Å². The number of hydrogen-bond acceptors (Lipinski definition) is 4. The monoisotopic (exact) mass is 414 g/mol. The van der Waals surface area contributed by atoms with Crippen LogP contribution in [0, 0.1) is 0 Å². The second-order valence-corrected chi connectivity index (χ2v) is 8.56. The zero-order valence-corrected chi connectivity index (χ0v) is 17.0. The van der Waals surface area contributed by atoms with Gasteiger partial charge in [0.25, 0.3) is 5.91 Å². The van der Waals surface area contributed by atoms with Gasteiger partial charge in [0.05, 0.1) is 10.0 Å². The van der Waals surface area contributed by atoms with Crippen molar-refractivity contribution in [3.8, 4) is 0 Å². The van der Waals surface area contributed by atoms with Crippen LogP contribution in [0.3, 0.4) is 0 Å². The Bertz CT molecular complexity index is 774. The van der Waals surface area contributed by atoms with Gasteiger partial charge in [0.15, 0.2) is 11.7 Å². The van der Waals surface area contributed by atoms with Crippen LogP contribution < -0.4 is 10.2 Å². The molecule has 5 nitrogen and oxygen atoms in total. The van der Waals surface area contributed by atoms with Crippen LogP contribution in [0.25, 0.3) is 0 Å². The summed E-state index contributed by atoms with van der Waals surface area (Å²) < 4.78 is 5.71. The lowest BCUT2D eigenvalue weighted by atomic mass is 10.1. The molecule has 1 fully saturated rings. The van der Waals surface area contributed by atoms with Crippen LogP contribution in [0.5, 0.6) is 0 Å². The van der Waals surface area contributed by atoms with Crippen molar-refractivity contribution >= 4 is 45.6 Å². The Morgan fingerprint density at radius 2 is 2.08 bits per heavy atom. The van der Waals surface area contributed by atoms with E-state index in [1.165, 1.54) is 16.2 Å². The molecule has 0 saturated carbocycles. The lowest BCUT2D eigenvalue weighted by Gasteiger charge is -2.31. The lowest BCUT2D eigenvalue weighted by molar-refractivity contribution is -0.907. The van der Waals surface area contributed by atoms with E-state index in [1.54, 1.807) is 12.3 Å². The maximum Gasteiger partial charge on any atom is 0.281 e. The van der Waals surface area contributed by atoms with Crippen LogP contribution in [-0.4, -0.2) is 42.7 Å². The van der Waals surface area contributed by atoms with Crippen LogP contribution >= 0.6 is 34.5 Å². The number of ether oxygens (including phenoxy) is 1. The third-order valence-electron chi connectivity index (χ3n) is 4.22. The summed E-state index contributed by atoms with van der Waals surface area (Å²) in [4.78, 5) is 18.9. The summed E-state index contributed by atoms with van der Waals surface area (Å²) in [5.74, 6) is -0.0250. The summed E-state index contributed by atoms with van der Waals surface area (Å²) in [5.41, 5.74) is 0.946. The fourth-order valence-electron chi connectivity index (χ4n) is 3.24. The van der Waals surface area contributed by atoms with E-state index < -0.39 is 0 Å². The average Bonchev–Trinajstić information content (AvgIpc) is 2.97. The largest absolute Gasteiger partial charge is 0.364 e. The van der Waals surface area contributed by atoms with Crippen molar-refractivity contribution in [1.29, 1.82) is 0 Å². The first-order chi connectivity index (χ1) is 12.4. The van der Waals surface area contributed by atoms with Gasteiger partial charge in [0, 0.05) is 17.5 Å². The van der Waals surface area contributed by atoms with E-state index in [2.05, 4.69) is 10.3 Å². The Morgan fingerprint density at radius 1 is 1.35 bits per heavy atom. The van der Waals surface area contributed by atoms with Crippen molar-refractivity contribution in [2.24, 2.45) is 0 Å². The molecule has 0 bridgehead atoms. The molecule has 2 aromatic rings. The highest BCUT2D eigenvalue weighted by atomic mass is 35.5. The minimum absolute atomic E-state index is 0.0250. The van der Waals surface area contributed by atoms with Gasteiger partial charge in [-0.15, -0.1) is 11.3 Å². The molecule has 1 aromatic carbocycles. The smallest absolute Gasteiger partial charge is 0.281 e. The Kier molecular flexibility index (Phi) is 6.53. The molecule has 1 amide bonds. The number of carbonyl (C=O) groups is 1. The van der Waals surface area contributed by atoms with E-state index in [-0.39, 0.29) is 18.1 Å². The van der Waals surface area contributed by atoms with Gasteiger partial charge in [-0.05, 0) is 25.5 Å². The fraction of sp³-hybridized carbons (Fsp3) is 0.444. The molecule has 1 aromatic heterocycles. The predicted molar refractivity (Wildman–Crippen MR) is 106 cm³/mol. The van der Waals surface area contributed by atoms with Crippen molar-refractivity contribution in [3.05, 3.63) is 44.9 Å². The molecule has 2 heterocycles. The molecule has 140 valence electrons. The molecule has 3 rings (SSSR count). The topological polar surface area (TPSA) is 55.7 Å². The molecule has 26 heavy (non-hydrogen) atoms. The first kappa shape index (κ1) is 19.6. The van der Waals surface area contributed by atoms with Gasteiger partial charge >= 0.3 is 0 Å². The number of quaternary nitrogens is 1. The highest BCUT2D eigenvalue weighted by molar-refractivity contribution is 7.15. The van der Waals surface area contributed by atoms with Gasteiger partial charge in [-0.2, -0.15) is 0 Å². The number of morpholine rings is 1. The Hall–Kier alpha value is -1.18. The van der Waals surface area contributed by atoms with Crippen molar-refractivity contribution in [1.82, 2.24) is 4.98 Å². The minimum Gasteiger partial charge on any atom is -0.364 e. The summed E-state index contributed by atoms with van der Waals surface area (Å²) in [7, 11) is 0. The van der Waals surface area contributed by atoms with Gasteiger partial charge in [0.2, 0.25) is 0 Å². The van der Waals surface area contributed by atoms with Crippen molar-refractivity contribution in [3.63, 3.8) is 0 Å². The number of nitrogens with one attached hydrogen (secondary N) is 2. The second kappa shape index (κ2) is 8.67. The highest BCUT2D eigenvalue weighted by Crippen LogP contribution is 2.29. The summed E-state index contributed by atoms with van der Waals surface area (Å²) in [6, 6.07) is 5.58. The van der Waals surface area contributed by atoms with Gasteiger partial charge in [0.1, 0.15) is 25.3 Å². The molecule has 2 atom stereocenters. The summed E-state index contributed by atoms with van der Waals surface area (Å²) in [5, 5.41) is 4.61. The van der Waals surface area contributed by atoms with E-state index in [0.717, 1.165) is 23.5 Å². The SMILES string of the molecule is C[C@@H]1C[NH+](CC(=O)Nc2ncc(Cc3cccc(Cl)c3Cl)s2)C[C@@H](C)O1. The van der Waals surface area contributed by atoms with E-state index >= 15 is 0 Å². The van der Waals surface area contributed by atoms with Crippen LogP contribution in [0.2, 0.25) is 10.0 Å². The van der Waals surface area contributed by atoms with Crippen molar-refractivity contribution in [2.75, 3.05) is 25.0 Å². The van der Waals surface area contributed by atoms with Gasteiger partial charge in [-0.1, -0.05) is 35.3 Å². The Balaban J connectivity index is 1.56. The molecule has 0 radical (unpaired) electrons. The molecule has 0 unspecified atom stereocenters. The van der Waals surface area contributed by atoms with E-state index in [9.17, 15) is 4.79 Å². The zero-order chi connectivity index (χ0) is 18.7. The first-order valence-corrected chi connectivity index (χ1v) is 10.1. The molecule has 0 aliphatic carbocycles. The number of carbonyl (C=O) groups excluding carboxylic acids is 1. The maximum atomic E-state index is 12.3. The van der Waals surface area contributed by atoms with Crippen LogP contribution in [-0.2, 0) is 16.0 Å². The normalized spacial score (nSPS) is 23.0. The van der Waals surface area contributed by atoms with Crippen LogP contribution in [0.4, 0.5) is 5.13 Å². The fourth-order valence-corrected chi connectivity index (χ4v) is 4.48. The number of benzene rings is 1. The summed E-state index contributed by atoms with van der Waals surface area (Å²) in [6.07, 6.45) is 2.76. The van der Waals surface area contributed by atoms with Crippen LogP contribution in [0.1, 0.15) is 24.3 Å². The number of anilines is 1. The minimum atomic E-state index is -0.0250. The van der Waals surface area contributed by atoms with Gasteiger partial charge < -0.3 is 9.64 Å². The average molecular weight is 415 g/mol. The van der Waals surface area contributed by atoms with Crippen molar-refractivity contribution in [2.45, 2.75) is 32.5 Å². The predicted octanol–water partition coefficient (Wildman–Crippen LogP) is 2.67. The molecule has 1 aliphatic rings. The second-order valence-electron chi connectivity index (χ2n) is 6.66. The van der Waals surface area contributed by atoms with Crippen molar-refractivity contribution < 1.29 is 14.4 Å². The van der Waals surface area contributed by atoms with Crippen LogP contribution in [0.15, 0.2) is 24.4 Å². The van der Waals surface area contributed by atoms with Gasteiger partial charge in [-0.3, -0.25) is 10.1 Å². The Morgan fingerprint density at radius 3 is 2.81 bits per heavy atom. The quantitative estimate of drug-likeness (QED) is 0.790. The summed E-state index contributed by atoms with van der Waals surface area (Å²) >= 11 is 13.7. The van der Waals surface area contributed by atoms with Gasteiger partial charge in [-0.25, -0.2) is 4.98 Å².